The molecule has 0 aliphatic heterocycles. The van der Waals surface area contributed by atoms with Gasteiger partial charge in [0.05, 0.1) is 5.97 Å². The summed E-state index contributed by atoms with van der Waals surface area (Å²) < 4.78 is 75.3. The summed E-state index contributed by atoms with van der Waals surface area (Å²) in [7, 11) is 0. The number of carboxylic acid groups (broad SMARTS) is 1. The third kappa shape index (κ3) is 1.89. The minimum Gasteiger partial charge on any atom is -0.546 e. The summed E-state index contributed by atoms with van der Waals surface area (Å²) in [6.07, 6.45) is -3.82. The third-order valence-electron chi connectivity index (χ3n) is 1.78. The number of alkyl halides is 2. The molecular weight excluding hydrogens is 253 g/mol. The van der Waals surface area contributed by atoms with Crippen LogP contribution in [0.4, 0.5) is 26.3 Å². The fourth-order valence-electron chi connectivity index (χ4n) is 0.951. The first-order chi connectivity index (χ1) is 6.74. The number of halogens is 6. The fourth-order valence-corrected chi connectivity index (χ4v) is 0.951. The van der Waals surface area contributed by atoms with Crippen LogP contribution in [0.25, 0.3) is 0 Å². The molecule has 0 spiro atoms. The van der Waals surface area contributed by atoms with E-state index in [0.29, 0.717) is 0 Å². The number of carbonyl (C=O) groups excluding carboxylic acids is 1. The van der Waals surface area contributed by atoms with E-state index in [1.807, 2.05) is 0 Å². The molecular formula is C7HF6NaO2. The first-order valence-electron chi connectivity index (χ1n) is 3.40. The molecule has 0 bridgehead atoms. The first-order valence-corrected chi connectivity index (χ1v) is 3.40. The summed E-state index contributed by atoms with van der Waals surface area (Å²) in [5, 5.41) is 10.0. The average molecular weight is 254 g/mol. The van der Waals surface area contributed by atoms with Gasteiger partial charge in [-0.25, -0.2) is 26.3 Å². The van der Waals surface area contributed by atoms with Gasteiger partial charge in [0.1, 0.15) is 0 Å². The van der Waals surface area contributed by atoms with Crippen molar-refractivity contribution in [1.29, 1.82) is 0 Å². The van der Waals surface area contributed by atoms with Crippen LogP contribution >= 0.6 is 0 Å². The van der Waals surface area contributed by atoms with Crippen LogP contribution in [0.5, 0.6) is 0 Å². The molecule has 0 saturated carbocycles. The van der Waals surface area contributed by atoms with Crippen molar-refractivity contribution in [3.8, 4) is 0 Å². The van der Waals surface area contributed by atoms with Crippen molar-refractivity contribution in [2.45, 2.75) is 11.8 Å². The van der Waals surface area contributed by atoms with Crippen LogP contribution in [-0.2, 0) is 4.79 Å². The molecule has 9 heteroatoms. The van der Waals surface area contributed by atoms with Crippen molar-refractivity contribution >= 4 is 5.97 Å². The van der Waals surface area contributed by atoms with Crippen LogP contribution < -0.4 is 34.7 Å². The van der Waals surface area contributed by atoms with E-state index in [9.17, 15) is 36.2 Å². The summed E-state index contributed by atoms with van der Waals surface area (Å²) in [6, 6.07) is 0. The fraction of sp³-hybridized carbons (Fsp3) is 0.286. The first kappa shape index (κ1) is 15.5. The van der Waals surface area contributed by atoms with Crippen LogP contribution in [0.3, 0.4) is 0 Å². The molecule has 0 heterocycles. The van der Waals surface area contributed by atoms with Gasteiger partial charge >= 0.3 is 29.6 Å². The van der Waals surface area contributed by atoms with Crippen molar-refractivity contribution in [3.63, 3.8) is 0 Å². The molecule has 84 valence electrons. The smallest absolute Gasteiger partial charge is 0.546 e. The van der Waals surface area contributed by atoms with Gasteiger partial charge in [-0.15, -0.1) is 0 Å². The van der Waals surface area contributed by atoms with Crippen LogP contribution in [0.1, 0.15) is 0 Å². The summed E-state index contributed by atoms with van der Waals surface area (Å²) in [5.41, 5.74) is -4.68. The van der Waals surface area contributed by atoms with E-state index in [-0.39, 0.29) is 29.6 Å². The normalized spacial score (nSPS) is 30.2. The maximum Gasteiger partial charge on any atom is 1.00 e. The molecule has 2 atom stereocenters. The van der Waals surface area contributed by atoms with E-state index in [1.54, 1.807) is 0 Å². The maximum atomic E-state index is 13.0. The number of allylic oxidation sites excluding steroid dienone is 3. The number of carboxylic acids is 1. The quantitative estimate of drug-likeness (QED) is 0.405. The van der Waals surface area contributed by atoms with Crippen LogP contribution in [0.2, 0.25) is 0 Å². The summed E-state index contributed by atoms with van der Waals surface area (Å²) >= 11 is 0. The Morgan fingerprint density at radius 3 is 2.00 bits per heavy atom. The molecule has 0 aromatic rings. The van der Waals surface area contributed by atoms with Crippen molar-refractivity contribution in [3.05, 3.63) is 23.3 Å². The molecule has 16 heavy (non-hydrogen) atoms. The second-order valence-corrected chi connectivity index (χ2v) is 2.65. The van der Waals surface area contributed by atoms with Crippen molar-refractivity contribution in [2.75, 3.05) is 0 Å². The van der Waals surface area contributed by atoms with Gasteiger partial charge in [-0.1, -0.05) is 0 Å². The largest absolute Gasteiger partial charge is 1.00 e. The van der Waals surface area contributed by atoms with Gasteiger partial charge in [-0.05, 0) is 0 Å². The second-order valence-electron chi connectivity index (χ2n) is 2.65. The number of rotatable bonds is 1. The number of hydrogen-bond donors (Lipinski definition) is 0. The van der Waals surface area contributed by atoms with Gasteiger partial charge < -0.3 is 9.90 Å². The van der Waals surface area contributed by atoms with Gasteiger partial charge in [0.25, 0.3) is 0 Å². The van der Waals surface area contributed by atoms with E-state index in [1.165, 1.54) is 0 Å². The monoisotopic (exact) mass is 254 g/mol. The van der Waals surface area contributed by atoms with Gasteiger partial charge in [0.15, 0.2) is 23.3 Å². The summed E-state index contributed by atoms with van der Waals surface area (Å²) in [5.74, 6) is -13.9. The van der Waals surface area contributed by atoms with E-state index >= 15 is 0 Å². The van der Waals surface area contributed by atoms with Crippen LogP contribution in [0.15, 0.2) is 23.3 Å². The molecule has 0 saturated heterocycles. The number of carbonyl (C=O) groups is 1. The Labute approximate surface area is 107 Å². The van der Waals surface area contributed by atoms with Crippen LogP contribution in [0, 0.1) is 0 Å². The molecule has 0 aromatic heterocycles. The zero-order valence-electron chi connectivity index (χ0n) is 7.66. The average Bonchev–Trinajstić information content (AvgIpc) is 2.20. The Kier molecular flexibility index (Phi) is 4.66. The predicted molar refractivity (Wildman–Crippen MR) is 32.2 cm³/mol. The standard InChI is InChI=1S/C7H2F6O2.Na/c8-1-2(9)4(11)7(13,6(14)15)5(12)3(1)10;/h4H,(H,14,15);/q;+1/p-1. The molecule has 2 unspecified atom stereocenters. The van der Waals surface area contributed by atoms with Gasteiger partial charge in [0, 0.05) is 0 Å². The van der Waals surface area contributed by atoms with E-state index in [4.69, 9.17) is 0 Å². The topological polar surface area (TPSA) is 40.1 Å². The number of hydrogen-bond acceptors (Lipinski definition) is 2. The Balaban J connectivity index is 0.00000225. The maximum absolute atomic E-state index is 13.0. The zero-order valence-corrected chi connectivity index (χ0v) is 9.66. The molecule has 0 amide bonds. The van der Waals surface area contributed by atoms with Gasteiger partial charge in [0.2, 0.25) is 11.8 Å². The SMILES string of the molecule is O=C([O-])C1(F)C(F)=C(F)C(F)=C(F)C1F.[Na+]. The third-order valence-corrected chi connectivity index (χ3v) is 1.78. The van der Waals surface area contributed by atoms with E-state index < -0.39 is 41.1 Å². The Bertz CT molecular complexity index is 392. The molecule has 0 radical (unpaired) electrons. The summed E-state index contributed by atoms with van der Waals surface area (Å²) in [6.45, 7) is 0. The minimum atomic E-state index is -4.68. The van der Waals surface area contributed by atoms with Crippen molar-refractivity contribution in [1.82, 2.24) is 0 Å². The van der Waals surface area contributed by atoms with Crippen molar-refractivity contribution < 1.29 is 65.8 Å². The van der Waals surface area contributed by atoms with E-state index in [2.05, 4.69) is 0 Å². The molecule has 1 aliphatic rings. The van der Waals surface area contributed by atoms with E-state index in [0.717, 1.165) is 0 Å². The minimum absolute atomic E-state index is 0. The Morgan fingerprint density at radius 2 is 1.62 bits per heavy atom. The molecule has 2 nitrogen and oxygen atoms in total. The second kappa shape index (κ2) is 4.80. The molecule has 0 fully saturated rings. The van der Waals surface area contributed by atoms with Crippen LogP contribution in [-0.4, -0.2) is 17.8 Å². The molecule has 0 N–H and O–H groups in total. The predicted octanol–water partition coefficient (Wildman–Crippen LogP) is -1.90. The van der Waals surface area contributed by atoms with Gasteiger partial charge in [-0.3, -0.25) is 0 Å². The zero-order chi connectivity index (χ0) is 12.0. The summed E-state index contributed by atoms with van der Waals surface area (Å²) in [4.78, 5) is 10.0. The molecule has 0 aromatic carbocycles. The Hall–Kier alpha value is -0.470. The molecule has 1 rings (SSSR count). The van der Waals surface area contributed by atoms with Crippen molar-refractivity contribution in [2.24, 2.45) is 0 Å². The number of aliphatic carboxylic acids is 1. The van der Waals surface area contributed by atoms with Gasteiger partial charge in [-0.2, -0.15) is 0 Å². The Morgan fingerprint density at radius 1 is 1.19 bits per heavy atom. The molecule has 1 aliphatic carbocycles.